The summed E-state index contributed by atoms with van der Waals surface area (Å²) in [5, 5.41) is 13.3. The van der Waals surface area contributed by atoms with Crippen molar-refractivity contribution in [3.05, 3.63) is 41.3 Å². The zero-order valence-electron chi connectivity index (χ0n) is 8.27. The Labute approximate surface area is 86.2 Å². The van der Waals surface area contributed by atoms with Gasteiger partial charge in [-0.15, -0.1) is 4.91 Å². The maximum atomic E-state index is 10.6. The first-order chi connectivity index (χ1) is 6.86. The number of benzene rings is 2. The fourth-order valence-electron chi connectivity index (χ4n) is 1.44. The molecule has 0 saturated heterocycles. The second kappa shape index (κ2) is 4.50. The van der Waals surface area contributed by atoms with Crippen LogP contribution in [0.25, 0.3) is 10.8 Å². The van der Waals surface area contributed by atoms with Crippen LogP contribution in [-0.2, 0) is 0 Å². The van der Waals surface area contributed by atoms with Crippen LogP contribution in [0.3, 0.4) is 0 Å². The molecule has 0 fully saturated rings. The largest absolute Gasteiger partial charge is 0.369 e. The lowest BCUT2D eigenvalue weighted by Crippen LogP contribution is -1.89. The third-order valence-electron chi connectivity index (χ3n) is 2.11. The van der Waals surface area contributed by atoms with Crippen LogP contribution in [0.15, 0.2) is 41.6 Å². The van der Waals surface area contributed by atoms with Crippen LogP contribution in [-0.4, -0.2) is 5.21 Å². The van der Waals surface area contributed by atoms with Gasteiger partial charge in [0.2, 0.25) is 0 Å². The lowest BCUT2D eigenvalue weighted by molar-refractivity contribution is 0.389. The van der Waals surface area contributed by atoms with Crippen molar-refractivity contribution in [2.45, 2.75) is 0 Å². The molecular formula is C10H12N3O2+. The molecule has 0 radical (unpaired) electrons. The summed E-state index contributed by atoms with van der Waals surface area (Å²) < 4.78 is 0. The average Bonchev–Trinajstić information content (AvgIpc) is 2.27. The standard InChI is InChI=1S/C10H8N2O2.H3N/c13-11-9-6-5-7-3-1-2-4-8(7)10(9)12-14;/h1-6,11,13H;1H3/p+1. The predicted octanol–water partition coefficient (Wildman–Crippen LogP) is 3.42. The average molecular weight is 206 g/mol. The lowest BCUT2D eigenvalue weighted by Gasteiger charge is -2.04. The predicted molar refractivity (Wildman–Crippen MR) is 60.8 cm³/mol. The number of nitrogens with one attached hydrogen (secondary N) is 1. The highest BCUT2D eigenvalue weighted by Gasteiger charge is 2.06. The zero-order chi connectivity index (χ0) is 9.97. The van der Waals surface area contributed by atoms with Crippen molar-refractivity contribution in [2.24, 2.45) is 5.18 Å². The fraction of sp³-hybridized carbons (Fsp3) is 0. The van der Waals surface area contributed by atoms with Crippen molar-refractivity contribution in [3.8, 4) is 0 Å². The van der Waals surface area contributed by atoms with Crippen molar-refractivity contribution in [1.29, 1.82) is 0 Å². The molecule has 0 aliphatic rings. The van der Waals surface area contributed by atoms with Crippen LogP contribution < -0.4 is 11.6 Å². The van der Waals surface area contributed by atoms with E-state index >= 15 is 0 Å². The molecule has 0 atom stereocenters. The summed E-state index contributed by atoms with van der Waals surface area (Å²) in [7, 11) is 0. The number of fused-ring (bicyclic) bond motifs is 1. The number of rotatable bonds is 2. The van der Waals surface area contributed by atoms with Gasteiger partial charge in [0.1, 0.15) is 5.69 Å². The third-order valence-corrected chi connectivity index (χ3v) is 2.11. The summed E-state index contributed by atoms with van der Waals surface area (Å²) in [5.74, 6) is 0. The van der Waals surface area contributed by atoms with Gasteiger partial charge in [0.05, 0.1) is 5.69 Å². The van der Waals surface area contributed by atoms with Gasteiger partial charge >= 0.3 is 0 Å². The molecule has 0 spiro atoms. The SMILES string of the molecule is O=Nc1c(NO)ccc2ccccc12.[NH4+]. The molecule has 2 aromatic rings. The van der Waals surface area contributed by atoms with E-state index in [-0.39, 0.29) is 11.8 Å². The highest BCUT2D eigenvalue weighted by molar-refractivity contribution is 5.98. The minimum absolute atomic E-state index is 0. The molecule has 15 heavy (non-hydrogen) atoms. The van der Waals surface area contributed by atoms with Gasteiger partial charge in [-0.2, -0.15) is 0 Å². The Morgan fingerprint density at radius 1 is 1.13 bits per heavy atom. The minimum atomic E-state index is 0. The summed E-state index contributed by atoms with van der Waals surface area (Å²) in [6.45, 7) is 0. The molecule has 6 N–H and O–H groups in total. The molecule has 0 amide bonds. The van der Waals surface area contributed by atoms with Gasteiger partial charge in [-0.05, 0) is 16.6 Å². The van der Waals surface area contributed by atoms with Crippen molar-refractivity contribution in [1.82, 2.24) is 6.15 Å². The molecule has 0 saturated carbocycles. The van der Waals surface area contributed by atoms with Crippen LogP contribution >= 0.6 is 0 Å². The van der Waals surface area contributed by atoms with Gasteiger partial charge in [-0.1, -0.05) is 30.3 Å². The Kier molecular flexibility index (Phi) is 3.33. The van der Waals surface area contributed by atoms with Crippen LogP contribution in [0.1, 0.15) is 0 Å². The molecule has 0 aliphatic carbocycles. The van der Waals surface area contributed by atoms with E-state index in [1.807, 2.05) is 29.7 Å². The monoisotopic (exact) mass is 206 g/mol. The molecule has 0 aliphatic heterocycles. The van der Waals surface area contributed by atoms with E-state index in [1.54, 1.807) is 12.1 Å². The smallest absolute Gasteiger partial charge is 0.141 e. The lowest BCUT2D eigenvalue weighted by atomic mass is 10.1. The molecule has 5 nitrogen and oxygen atoms in total. The molecule has 0 bridgehead atoms. The van der Waals surface area contributed by atoms with Crippen molar-refractivity contribution < 1.29 is 5.21 Å². The molecule has 2 rings (SSSR count). The van der Waals surface area contributed by atoms with E-state index in [1.165, 1.54) is 0 Å². The third kappa shape index (κ3) is 1.78. The van der Waals surface area contributed by atoms with Crippen molar-refractivity contribution in [2.75, 3.05) is 5.48 Å². The number of nitroso groups, excluding NO2 is 1. The Bertz CT molecular complexity index is 485. The second-order valence-corrected chi connectivity index (χ2v) is 2.89. The molecule has 78 valence electrons. The molecule has 2 aromatic carbocycles. The van der Waals surface area contributed by atoms with Crippen LogP contribution in [0.5, 0.6) is 0 Å². The van der Waals surface area contributed by atoms with Crippen LogP contribution in [0.4, 0.5) is 11.4 Å². The highest BCUT2D eigenvalue weighted by atomic mass is 16.5. The van der Waals surface area contributed by atoms with Gasteiger partial charge in [-0.3, -0.25) is 10.7 Å². The Balaban J connectivity index is 0.00000112. The van der Waals surface area contributed by atoms with E-state index in [2.05, 4.69) is 5.18 Å². The van der Waals surface area contributed by atoms with Crippen LogP contribution in [0, 0.1) is 4.91 Å². The van der Waals surface area contributed by atoms with E-state index in [0.29, 0.717) is 5.69 Å². The summed E-state index contributed by atoms with van der Waals surface area (Å²) in [5.41, 5.74) is 2.49. The first-order valence-corrected chi connectivity index (χ1v) is 4.12. The first kappa shape index (κ1) is 11.1. The van der Waals surface area contributed by atoms with Gasteiger partial charge in [0.15, 0.2) is 0 Å². The molecular weight excluding hydrogens is 194 g/mol. The Hall–Kier alpha value is -1.98. The quantitative estimate of drug-likeness (QED) is 0.518. The molecule has 5 heteroatoms. The summed E-state index contributed by atoms with van der Waals surface area (Å²) >= 11 is 0. The van der Waals surface area contributed by atoms with E-state index in [0.717, 1.165) is 10.8 Å². The molecule has 0 unspecified atom stereocenters. The minimum Gasteiger partial charge on any atom is -0.369 e. The summed E-state index contributed by atoms with van der Waals surface area (Å²) in [4.78, 5) is 10.6. The maximum absolute atomic E-state index is 10.6. The topological polar surface area (TPSA) is 98.2 Å². The number of nitrogens with zero attached hydrogens (tertiary/aromatic N) is 1. The fourth-order valence-corrected chi connectivity index (χ4v) is 1.44. The van der Waals surface area contributed by atoms with Gasteiger partial charge in [0, 0.05) is 5.39 Å². The highest BCUT2D eigenvalue weighted by Crippen LogP contribution is 2.33. The molecule has 0 aromatic heterocycles. The Morgan fingerprint density at radius 2 is 1.87 bits per heavy atom. The van der Waals surface area contributed by atoms with Crippen LogP contribution in [0.2, 0.25) is 0 Å². The first-order valence-electron chi connectivity index (χ1n) is 4.12. The van der Waals surface area contributed by atoms with Crippen molar-refractivity contribution in [3.63, 3.8) is 0 Å². The normalized spacial score (nSPS) is 9.40. The zero-order valence-corrected chi connectivity index (χ0v) is 8.27. The summed E-state index contributed by atoms with van der Waals surface area (Å²) in [6, 6.07) is 10.8. The Morgan fingerprint density at radius 3 is 2.53 bits per heavy atom. The number of hydrogen-bond acceptors (Lipinski definition) is 4. The van der Waals surface area contributed by atoms with Gasteiger partial charge in [0.25, 0.3) is 0 Å². The molecule has 0 heterocycles. The van der Waals surface area contributed by atoms with E-state index < -0.39 is 0 Å². The van der Waals surface area contributed by atoms with Gasteiger partial charge in [-0.25, -0.2) is 0 Å². The number of quaternary nitrogens is 1. The second-order valence-electron chi connectivity index (χ2n) is 2.89. The van der Waals surface area contributed by atoms with Crippen molar-refractivity contribution >= 4 is 22.1 Å². The number of anilines is 1. The van der Waals surface area contributed by atoms with Gasteiger partial charge < -0.3 is 6.15 Å². The van der Waals surface area contributed by atoms with E-state index in [4.69, 9.17) is 5.21 Å². The summed E-state index contributed by atoms with van der Waals surface area (Å²) in [6.07, 6.45) is 0. The maximum Gasteiger partial charge on any atom is 0.141 e. The van der Waals surface area contributed by atoms with E-state index in [9.17, 15) is 4.91 Å². The number of hydrogen-bond donors (Lipinski definition) is 3.